The molecule has 94 valence electrons. The van der Waals surface area contributed by atoms with Gasteiger partial charge in [0.1, 0.15) is 4.75 Å². The zero-order valence-corrected chi connectivity index (χ0v) is 11.7. The van der Waals surface area contributed by atoms with Crippen molar-refractivity contribution in [2.24, 2.45) is 0 Å². The molecule has 0 bridgehead atoms. The molecule has 1 aliphatic heterocycles. The molecule has 0 aliphatic carbocycles. The summed E-state index contributed by atoms with van der Waals surface area (Å²) in [6.45, 7) is 7.08. The molecule has 2 atom stereocenters. The minimum Gasteiger partial charge on any atom is -0.597 e. The van der Waals surface area contributed by atoms with E-state index in [9.17, 15) is 4.55 Å². The summed E-state index contributed by atoms with van der Waals surface area (Å²) in [7, 11) is 0. The van der Waals surface area contributed by atoms with Gasteiger partial charge in [-0.2, -0.15) is 0 Å². The molecule has 0 spiro atoms. The molecule has 1 aromatic rings. The fourth-order valence-electron chi connectivity index (χ4n) is 2.30. The van der Waals surface area contributed by atoms with Crippen molar-refractivity contribution in [3.05, 3.63) is 35.9 Å². The Balaban J connectivity index is 2.19. The predicted molar refractivity (Wildman–Crippen MR) is 73.0 cm³/mol. The maximum atomic E-state index is 12.5. The van der Waals surface area contributed by atoms with Gasteiger partial charge in [-0.1, -0.05) is 30.3 Å². The topological polar surface area (TPSA) is 26.3 Å². The average Bonchev–Trinajstić information content (AvgIpc) is 2.76. The van der Waals surface area contributed by atoms with E-state index in [2.05, 4.69) is 28.6 Å². The maximum Gasteiger partial charge on any atom is 0.137 e. The van der Waals surface area contributed by atoms with Crippen LogP contribution in [0.1, 0.15) is 45.2 Å². The van der Waals surface area contributed by atoms with E-state index in [0.29, 0.717) is 6.04 Å². The third-order valence-corrected chi connectivity index (χ3v) is 5.04. The van der Waals surface area contributed by atoms with E-state index in [1.807, 2.05) is 26.8 Å². The first-order valence-electron chi connectivity index (χ1n) is 6.24. The Morgan fingerprint density at radius 1 is 1.24 bits per heavy atom. The van der Waals surface area contributed by atoms with E-state index in [4.69, 9.17) is 0 Å². The lowest BCUT2D eigenvalue weighted by Gasteiger charge is -2.33. The van der Waals surface area contributed by atoms with Crippen LogP contribution in [0.4, 0.5) is 0 Å². The Kier molecular flexibility index (Phi) is 3.81. The predicted octanol–water partition coefficient (Wildman–Crippen LogP) is 3.29. The number of nitrogens with zero attached hydrogens (tertiary/aromatic N) is 1. The Morgan fingerprint density at radius 2 is 1.88 bits per heavy atom. The van der Waals surface area contributed by atoms with Crippen molar-refractivity contribution in [2.75, 3.05) is 6.54 Å². The molecular formula is C14H21NOS. The Bertz CT molecular complexity index is 360. The van der Waals surface area contributed by atoms with Crippen LogP contribution < -0.4 is 0 Å². The van der Waals surface area contributed by atoms with E-state index in [-0.39, 0.29) is 4.75 Å². The largest absolute Gasteiger partial charge is 0.597 e. The molecule has 0 N–H and O–H groups in total. The van der Waals surface area contributed by atoms with Crippen molar-refractivity contribution in [1.29, 1.82) is 0 Å². The van der Waals surface area contributed by atoms with Crippen LogP contribution in [-0.2, 0) is 11.4 Å². The monoisotopic (exact) mass is 251 g/mol. The molecule has 17 heavy (non-hydrogen) atoms. The van der Waals surface area contributed by atoms with Gasteiger partial charge in [0.25, 0.3) is 0 Å². The van der Waals surface area contributed by atoms with Gasteiger partial charge in [-0.15, -0.1) is 4.31 Å². The third-order valence-electron chi connectivity index (χ3n) is 3.12. The molecule has 2 rings (SSSR count). The van der Waals surface area contributed by atoms with Crippen molar-refractivity contribution in [3.63, 3.8) is 0 Å². The lowest BCUT2D eigenvalue weighted by molar-refractivity contribution is 0.381. The first-order valence-corrected chi connectivity index (χ1v) is 7.34. The van der Waals surface area contributed by atoms with Crippen molar-refractivity contribution < 1.29 is 4.55 Å². The average molecular weight is 251 g/mol. The van der Waals surface area contributed by atoms with Gasteiger partial charge >= 0.3 is 0 Å². The van der Waals surface area contributed by atoms with Gasteiger partial charge < -0.3 is 4.55 Å². The van der Waals surface area contributed by atoms with Crippen LogP contribution in [0.2, 0.25) is 0 Å². The van der Waals surface area contributed by atoms with Crippen molar-refractivity contribution in [2.45, 2.75) is 44.4 Å². The highest BCUT2D eigenvalue weighted by molar-refractivity contribution is 7.90. The molecule has 1 aliphatic rings. The first-order chi connectivity index (χ1) is 8.00. The van der Waals surface area contributed by atoms with E-state index >= 15 is 0 Å². The quantitative estimate of drug-likeness (QED) is 0.754. The van der Waals surface area contributed by atoms with Gasteiger partial charge in [-0.25, -0.2) is 0 Å². The SMILES string of the molecule is CC(C)(C)[S@+]([O-])N1CCC[C@@H]1c1ccccc1. The smallest absolute Gasteiger partial charge is 0.137 e. The molecule has 1 heterocycles. The zero-order chi connectivity index (χ0) is 12.5. The molecule has 0 amide bonds. The molecular weight excluding hydrogens is 230 g/mol. The number of benzene rings is 1. The fraction of sp³-hybridized carbons (Fsp3) is 0.571. The maximum absolute atomic E-state index is 12.5. The van der Waals surface area contributed by atoms with Crippen LogP contribution in [0.15, 0.2) is 30.3 Å². The molecule has 0 radical (unpaired) electrons. The van der Waals surface area contributed by atoms with E-state index in [1.54, 1.807) is 0 Å². The van der Waals surface area contributed by atoms with E-state index < -0.39 is 11.4 Å². The second-order valence-electron chi connectivity index (χ2n) is 5.57. The second kappa shape index (κ2) is 5.01. The molecule has 2 nitrogen and oxygen atoms in total. The highest BCUT2D eigenvalue weighted by Crippen LogP contribution is 2.37. The Morgan fingerprint density at radius 3 is 2.47 bits per heavy atom. The van der Waals surface area contributed by atoms with Gasteiger partial charge in [0.15, 0.2) is 0 Å². The molecule has 0 saturated carbocycles. The van der Waals surface area contributed by atoms with E-state index in [1.165, 1.54) is 5.56 Å². The Hall–Kier alpha value is -0.510. The van der Waals surface area contributed by atoms with Gasteiger partial charge in [-0.05, 0) is 39.2 Å². The minimum atomic E-state index is -0.910. The van der Waals surface area contributed by atoms with Crippen molar-refractivity contribution in [1.82, 2.24) is 4.31 Å². The fourth-order valence-corrected chi connectivity index (χ4v) is 3.76. The summed E-state index contributed by atoms with van der Waals surface area (Å²) in [4.78, 5) is 0. The summed E-state index contributed by atoms with van der Waals surface area (Å²) < 4.78 is 14.5. The normalized spacial score (nSPS) is 23.9. The van der Waals surface area contributed by atoms with E-state index in [0.717, 1.165) is 19.4 Å². The molecule has 0 unspecified atom stereocenters. The molecule has 1 saturated heterocycles. The van der Waals surface area contributed by atoms with Crippen LogP contribution >= 0.6 is 0 Å². The number of hydrogen-bond donors (Lipinski definition) is 0. The summed E-state index contributed by atoms with van der Waals surface area (Å²) in [6, 6.07) is 10.8. The van der Waals surface area contributed by atoms with Crippen molar-refractivity contribution >= 4 is 11.4 Å². The Labute approximate surface area is 107 Å². The number of rotatable bonds is 2. The van der Waals surface area contributed by atoms with Crippen LogP contribution in [0, 0.1) is 0 Å². The van der Waals surface area contributed by atoms with Crippen molar-refractivity contribution in [3.8, 4) is 0 Å². The molecule has 0 aromatic heterocycles. The number of hydrogen-bond acceptors (Lipinski definition) is 2. The third kappa shape index (κ3) is 2.84. The summed E-state index contributed by atoms with van der Waals surface area (Å²) >= 11 is -0.910. The standard InChI is InChI=1S/C14H21NOS/c1-14(2,3)17(16)15-11-7-10-13(15)12-8-5-4-6-9-12/h4-6,8-9,13H,7,10-11H2,1-3H3/t13-,17+/m1/s1. The van der Waals surface area contributed by atoms with Gasteiger partial charge in [0.2, 0.25) is 0 Å². The van der Waals surface area contributed by atoms with Gasteiger partial charge in [0, 0.05) is 17.9 Å². The van der Waals surface area contributed by atoms with Crippen LogP contribution in [0.25, 0.3) is 0 Å². The highest BCUT2D eigenvalue weighted by atomic mass is 32.2. The second-order valence-corrected chi connectivity index (χ2v) is 7.76. The van der Waals surface area contributed by atoms with Gasteiger partial charge in [-0.3, -0.25) is 0 Å². The molecule has 1 aromatic carbocycles. The first kappa shape index (κ1) is 12.9. The zero-order valence-electron chi connectivity index (χ0n) is 10.8. The summed E-state index contributed by atoms with van der Waals surface area (Å²) in [5.74, 6) is 0. The summed E-state index contributed by atoms with van der Waals surface area (Å²) in [5.41, 5.74) is 1.29. The van der Waals surface area contributed by atoms with Crippen LogP contribution in [-0.4, -0.2) is 20.1 Å². The van der Waals surface area contributed by atoms with Gasteiger partial charge in [0.05, 0.1) is 6.04 Å². The van der Waals surface area contributed by atoms with Crippen LogP contribution in [0.5, 0.6) is 0 Å². The minimum absolute atomic E-state index is 0.169. The lowest BCUT2D eigenvalue weighted by atomic mass is 10.1. The summed E-state index contributed by atoms with van der Waals surface area (Å²) in [5, 5.41) is 0. The lowest BCUT2D eigenvalue weighted by Crippen LogP contribution is -2.42. The molecule has 1 fully saturated rings. The summed E-state index contributed by atoms with van der Waals surface area (Å²) in [6.07, 6.45) is 2.26. The molecule has 3 heteroatoms. The highest BCUT2D eigenvalue weighted by Gasteiger charge is 2.40. The van der Waals surface area contributed by atoms with Crippen LogP contribution in [0.3, 0.4) is 0 Å².